The van der Waals surface area contributed by atoms with Gasteiger partial charge in [0.25, 0.3) is 0 Å². The summed E-state index contributed by atoms with van der Waals surface area (Å²) in [6.45, 7) is 4.04. The third-order valence-corrected chi connectivity index (χ3v) is 4.60. The van der Waals surface area contributed by atoms with Crippen LogP contribution >= 0.6 is 11.8 Å². The molecule has 0 spiro atoms. The highest BCUT2D eigenvalue weighted by atomic mass is 32.2. The fourth-order valence-corrected chi connectivity index (χ4v) is 3.41. The van der Waals surface area contributed by atoms with Crippen LogP contribution in [0.5, 0.6) is 0 Å². The number of benzene rings is 2. The lowest BCUT2D eigenvalue weighted by molar-refractivity contribution is 0.969. The quantitative estimate of drug-likeness (QED) is 0.621. The van der Waals surface area contributed by atoms with E-state index in [0.717, 1.165) is 26.6 Å². The van der Waals surface area contributed by atoms with Crippen LogP contribution < -0.4 is 0 Å². The van der Waals surface area contributed by atoms with Gasteiger partial charge in [-0.05, 0) is 24.4 Å². The molecule has 0 saturated heterocycles. The molecule has 1 aromatic heterocycles. The first kappa shape index (κ1) is 16.0. The summed E-state index contributed by atoms with van der Waals surface area (Å²) >= 11 is 1.57. The molecule has 0 aliphatic rings. The van der Waals surface area contributed by atoms with Crippen molar-refractivity contribution in [2.45, 2.75) is 16.5 Å². The minimum Gasteiger partial charge on any atom is -0.296 e. The second-order valence-electron chi connectivity index (χ2n) is 5.11. The Bertz CT molecular complexity index is 884. The molecule has 116 valence electrons. The monoisotopic (exact) mass is 329 g/mol. The molecular formula is C20H15N3S. The van der Waals surface area contributed by atoms with Gasteiger partial charge in [-0.3, -0.25) is 4.99 Å². The van der Waals surface area contributed by atoms with Crippen molar-refractivity contribution >= 4 is 18.5 Å². The van der Waals surface area contributed by atoms with E-state index < -0.39 is 0 Å². The lowest BCUT2D eigenvalue weighted by Gasteiger charge is -2.14. The average Bonchev–Trinajstić information content (AvgIpc) is 2.64. The maximum Gasteiger partial charge on any atom is 0.107 e. The Morgan fingerprint density at radius 2 is 1.71 bits per heavy atom. The van der Waals surface area contributed by atoms with E-state index in [1.807, 2.05) is 60.7 Å². The second kappa shape index (κ2) is 7.58. The molecule has 2 aromatic carbocycles. The van der Waals surface area contributed by atoms with Crippen LogP contribution in [0, 0.1) is 11.3 Å². The molecule has 3 aromatic rings. The highest BCUT2D eigenvalue weighted by Gasteiger charge is 2.17. The molecule has 0 atom stereocenters. The van der Waals surface area contributed by atoms with Crippen LogP contribution in [0.25, 0.3) is 11.1 Å². The average molecular weight is 329 g/mol. The highest BCUT2D eigenvalue weighted by molar-refractivity contribution is 7.99. The van der Waals surface area contributed by atoms with Crippen LogP contribution in [0.3, 0.4) is 0 Å². The first-order valence-corrected chi connectivity index (χ1v) is 8.28. The van der Waals surface area contributed by atoms with E-state index >= 15 is 0 Å². The minimum absolute atomic E-state index is 0.419. The van der Waals surface area contributed by atoms with E-state index in [9.17, 15) is 5.26 Å². The number of aliphatic imine (C=N–C) groups is 1. The Kier molecular flexibility index (Phi) is 5.05. The third kappa shape index (κ3) is 3.37. The Balaban J connectivity index is 2.17. The van der Waals surface area contributed by atoms with Gasteiger partial charge in [0.15, 0.2) is 0 Å². The van der Waals surface area contributed by atoms with Crippen molar-refractivity contribution in [1.82, 2.24) is 4.98 Å². The predicted octanol–water partition coefficient (Wildman–Crippen LogP) is 4.97. The molecule has 0 bridgehead atoms. The van der Waals surface area contributed by atoms with E-state index in [1.54, 1.807) is 18.0 Å². The molecule has 24 heavy (non-hydrogen) atoms. The number of hydrogen-bond acceptors (Lipinski definition) is 4. The maximum atomic E-state index is 9.51. The fourth-order valence-electron chi connectivity index (χ4n) is 2.50. The topological polar surface area (TPSA) is 49.0 Å². The van der Waals surface area contributed by atoms with Gasteiger partial charge >= 0.3 is 0 Å². The summed E-state index contributed by atoms with van der Waals surface area (Å²) in [5, 5.41) is 10.4. The molecule has 0 amide bonds. The number of nitriles is 1. The zero-order valence-corrected chi connectivity index (χ0v) is 13.8. The van der Waals surface area contributed by atoms with Gasteiger partial charge in [0.1, 0.15) is 11.1 Å². The molecule has 0 radical (unpaired) electrons. The minimum atomic E-state index is 0.419. The van der Waals surface area contributed by atoms with Crippen LogP contribution in [0.4, 0.5) is 0 Å². The van der Waals surface area contributed by atoms with E-state index in [4.69, 9.17) is 0 Å². The van der Waals surface area contributed by atoms with Gasteiger partial charge in [-0.25, -0.2) is 4.98 Å². The number of nitrogens with zero attached hydrogens (tertiary/aromatic N) is 3. The van der Waals surface area contributed by atoms with Gasteiger partial charge in [0, 0.05) is 22.2 Å². The predicted molar refractivity (Wildman–Crippen MR) is 98.2 cm³/mol. The van der Waals surface area contributed by atoms with E-state index in [1.165, 1.54) is 0 Å². The number of aromatic nitrogens is 1. The summed E-state index contributed by atoms with van der Waals surface area (Å²) in [6, 6.07) is 22.2. The first-order chi connectivity index (χ1) is 11.8. The largest absolute Gasteiger partial charge is 0.296 e. The SMILES string of the molecule is C=NCc1c(Sc2ccccc2)ncc(C#N)c1-c1ccccc1. The molecule has 3 rings (SSSR count). The van der Waals surface area contributed by atoms with Gasteiger partial charge in [-0.2, -0.15) is 5.26 Å². The molecule has 0 fully saturated rings. The first-order valence-electron chi connectivity index (χ1n) is 7.46. The summed E-state index contributed by atoms with van der Waals surface area (Å²) in [7, 11) is 0. The standard InChI is InChI=1S/C20H15N3S/c1-22-14-18-19(15-8-4-2-5-9-15)16(12-21)13-23-20(18)24-17-10-6-3-7-11-17/h2-11,13H,1,14H2. The van der Waals surface area contributed by atoms with Crippen LogP contribution in [-0.4, -0.2) is 11.7 Å². The van der Waals surface area contributed by atoms with Crippen molar-refractivity contribution in [3.8, 4) is 17.2 Å². The van der Waals surface area contributed by atoms with Crippen molar-refractivity contribution in [1.29, 1.82) is 5.26 Å². The van der Waals surface area contributed by atoms with Gasteiger partial charge in [-0.15, -0.1) is 0 Å². The molecule has 0 aliphatic carbocycles. The smallest absolute Gasteiger partial charge is 0.107 e. The normalized spacial score (nSPS) is 10.1. The van der Waals surface area contributed by atoms with Gasteiger partial charge in [0.2, 0.25) is 0 Å². The number of hydrogen-bond donors (Lipinski definition) is 0. The van der Waals surface area contributed by atoms with E-state index in [2.05, 4.69) is 22.8 Å². The van der Waals surface area contributed by atoms with Crippen LogP contribution in [0.2, 0.25) is 0 Å². The zero-order chi connectivity index (χ0) is 16.8. The zero-order valence-electron chi connectivity index (χ0n) is 13.0. The van der Waals surface area contributed by atoms with Crippen molar-refractivity contribution < 1.29 is 0 Å². The second-order valence-corrected chi connectivity index (χ2v) is 6.17. The third-order valence-electron chi connectivity index (χ3n) is 3.55. The van der Waals surface area contributed by atoms with Crippen molar-refractivity contribution in [3.63, 3.8) is 0 Å². The summed E-state index contributed by atoms with van der Waals surface area (Å²) in [6.07, 6.45) is 1.64. The van der Waals surface area contributed by atoms with Gasteiger partial charge in [-0.1, -0.05) is 60.3 Å². The Morgan fingerprint density at radius 1 is 1.04 bits per heavy atom. The van der Waals surface area contributed by atoms with Gasteiger partial charge < -0.3 is 0 Å². The molecule has 0 N–H and O–H groups in total. The van der Waals surface area contributed by atoms with E-state index in [-0.39, 0.29) is 0 Å². The molecule has 0 aliphatic heterocycles. The highest BCUT2D eigenvalue weighted by Crippen LogP contribution is 2.36. The van der Waals surface area contributed by atoms with Crippen molar-refractivity contribution in [2.75, 3.05) is 0 Å². The summed E-state index contributed by atoms with van der Waals surface area (Å²) in [5.41, 5.74) is 3.37. The Labute approximate surface area is 145 Å². The number of pyridine rings is 1. The Morgan fingerprint density at radius 3 is 2.33 bits per heavy atom. The van der Waals surface area contributed by atoms with Gasteiger partial charge in [0.05, 0.1) is 12.1 Å². The molecule has 1 heterocycles. The Hall–Kier alpha value is -2.90. The molecular weight excluding hydrogens is 314 g/mol. The molecule has 4 heteroatoms. The fraction of sp³-hybridized carbons (Fsp3) is 0.0500. The number of rotatable bonds is 5. The van der Waals surface area contributed by atoms with Crippen molar-refractivity contribution in [2.24, 2.45) is 4.99 Å². The van der Waals surface area contributed by atoms with E-state index in [0.29, 0.717) is 12.1 Å². The summed E-state index contributed by atoms with van der Waals surface area (Å²) in [5.74, 6) is 0. The lowest BCUT2D eigenvalue weighted by Crippen LogP contribution is -1.99. The molecule has 3 nitrogen and oxygen atoms in total. The van der Waals surface area contributed by atoms with Crippen LogP contribution in [-0.2, 0) is 6.54 Å². The summed E-state index contributed by atoms with van der Waals surface area (Å²) in [4.78, 5) is 9.66. The lowest BCUT2D eigenvalue weighted by atomic mass is 9.97. The molecule has 0 unspecified atom stereocenters. The van der Waals surface area contributed by atoms with Crippen molar-refractivity contribution in [3.05, 3.63) is 78.0 Å². The molecule has 0 saturated carbocycles. The maximum absolute atomic E-state index is 9.51. The summed E-state index contributed by atoms with van der Waals surface area (Å²) < 4.78 is 0. The van der Waals surface area contributed by atoms with Crippen LogP contribution in [0.1, 0.15) is 11.1 Å². The van der Waals surface area contributed by atoms with Crippen LogP contribution in [0.15, 0.2) is 81.8 Å².